The summed E-state index contributed by atoms with van der Waals surface area (Å²) in [6.07, 6.45) is 5.98. The van der Waals surface area contributed by atoms with E-state index in [-0.39, 0.29) is 0 Å². The Bertz CT molecular complexity index is 389. The lowest BCUT2D eigenvalue weighted by atomic mass is 10.3. The zero-order valence-corrected chi connectivity index (χ0v) is 7.28. The number of nitrogens with zero attached hydrogens (tertiary/aromatic N) is 2. The number of hydrogen-bond acceptors (Lipinski definition) is 1. The molecule has 2 rings (SSSR count). The van der Waals surface area contributed by atoms with Crippen molar-refractivity contribution in [2.45, 2.75) is 19.9 Å². The maximum absolute atomic E-state index is 3.96. The van der Waals surface area contributed by atoms with Gasteiger partial charge in [-0.25, -0.2) is 4.57 Å². The minimum absolute atomic E-state index is 0.498. The third-order valence-corrected chi connectivity index (χ3v) is 2.00. The minimum Gasteiger partial charge on any atom is -0.272 e. The average molecular weight is 162 g/mol. The quantitative estimate of drug-likeness (QED) is 0.632. The van der Waals surface area contributed by atoms with Gasteiger partial charge in [-0.1, -0.05) is 0 Å². The fourth-order valence-corrected chi connectivity index (χ4v) is 1.22. The van der Waals surface area contributed by atoms with Gasteiger partial charge in [0.25, 0.3) is 0 Å². The largest absolute Gasteiger partial charge is 0.272 e. The van der Waals surface area contributed by atoms with Crippen molar-refractivity contribution in [2.75, 3.05) is 0 Å². The van der Waals surface area contributed by atoms with Gasteiger partial charge < -0.3 is 0 Å². The highest BCUT2D eigenvalue weighted by Crippen LogP contribution is 2.06. The summed E-state index contributed by atoms with van der Waals surface area (Å²) in [5, 5.41) is 8.07. The third kappa shape index (κ3) is 1.07. The Morgan fingerprint density at radius 2 is 2.33 bits per heavy atom. The van der Waals surface area contributed by atoms with E-state index in [1.54, 1.807) is 0 Å². The number of rotatable bonds is 1. The number of hydrogen-bond donors (Lipinski definition) is 1. The number of nitrogens with one attached hydrogen (secondary N) is 1. The molecule has 0 aromatic carbocycles. The Hall–Kier alpha value is -1.38. The van der Waals surface area contributed by atoms with E-state index in [1.807, 2.05) is 6.20 Å². The molecule has 0 saturated carbocycles. The Morgan fingerprint density at radius 3 is 3.08 bits per heavy atom. The predicted octanol–water partition coefficient (Wildman–Crippen LogP) is 1.43. The number of pyridine rings is 1. The minimum atomic E-state index is 0.498. The summed E-state index contributed by atoms with van der Waals surface area (Å²) in [7, 11) is 0. The molecule has 12 heavy (non-hydrogen) atoms. The van der Waals surface area contributed by atoms with Crippen molar-refractivity contribution < 1.29 is 4.57 Å². The van der Waals surface area contributed by atoms with E-state index in [0.29, 0.717) is 6.04 Å². The van der Waals surface area contributed by atoms with Gasteiger partial charge in [-0.05, 0) is 13.8 Å². The van der Waals surface area contributed by atoms with Crippen LogP contribution >= 0.6 is 0 Å². The molecular formula is C9H12N3+. The van der Waals surface area contributed by atoms with Gasteiger partial charge in [-0.15, -0.1) is 0 Å². The summed E-state index contributed by atoms with van der Waals surface area (Å²) in [6, 6.07) is 2.57. The van der Waals surface area contributed by atoms with Crippen LogP contribution in [0.5, 0.6) is 0 Å². The lowest BCUT2D eigenvalue weighted by Crippen LogP contribution is -2.34. The molecular weight excluding hydrogens is 150 g/mol. The van der Waals surface area contributed by atoms with Gasteiger partial charge in [-0.2, -0.15) is 5.10 Å². The van der Waals surface area contributed by atoms with Crippen molar-refractivity contribution in [3.63, 3.8) is 0 Å². The van der Waals surface area contributed by atoms with Crippen LogP contribution in [0.25, 0.3) is 10.9 Å². The number of fused-ring (bicyclic) bond motifs is 1. The van der Waals surface area contributed by atoms with Crippen molar-refractivity contribution in [1.82, 2.24) is 10.2 Å². The Labute approximate surface area is 71.0 Å². The number of H-pyrrole nitrogens is 1. The number of aromatic amines is 1. The zero-order valence-electron chi connectivity index (χ0n) is 7.28. The molecule has 0 atom stereocenters. The molecule has 0 aliphatic rings. The second-order valence-electron chi connectivity index (χ2n) is 3.22. The van der Waals surface area contributed by atoms with Gasteiger partial charge in [-0.3, -0.25) is 5.10 Å². The van der Waals surface area contributed by atoms with Crippen molar-refractivity contribution in [1.29, 1.82) is 0 Å². The first-order valence-electron chi connectivity index (χ1n) is 4.11. The lowest BCUT2D eigenvalue weighted by molar-refractivity contribution is -0.715. The van der Waals surface area contributed by atoms with Crippen molar-refractivity contribution in [3.05, 3.63) is 24.7 Å². The smallest absolute Gasteiger partial charge is 0.194 e. The van der Waals surface area contributed by atoms with Crippen LogP contribution in [0, 0.1) is 0 Å². The van der Waals surface area contributed by atoms with Gasteiger partial charge in [0, 0.05) is 11.5 Å². The van der Waals surface area contributed by atoms with E-state index in [9.17, 15) is 0 Å². The Morgan fingerprint density at radius 1 is 1.50 bits per heavy atom. The van der Waals surface area contributed by atoms with E-state index < -0.39 is 0 Å². The zero-order chi connectivity index (χ0) is 8.55. The standard InChI is InChI=1S/C9H11N3/c1-7(2)12-4-3-8-5-10-11-9(8)6-12/h3-7H,1-2H3/p+1. The van der Waals surface area contributed by atoms with Crippen LogP contribution in [-0.4, -0.2) is 10.2 Å². The Kier molecular flexibility index (Phi) is 1.57. The van der Waals surface area contributed by atoms with Gasteiger partial charge in [0.15, 0.2) is 18.4 Å². The molecule has 2 aromatic heterocycles. The van der Waals surface area contributed by atoms with Crippen LogP contribution in [0.3, 0.4) is 0 Å². The molecule has 0 unspecified atom stereocenters. The maximum atomic E-state index is 3.96. The lowest BCUT2D eigenvalue weighted by Gasteiger charge is -1.98. The van der Waals surface area contributed by atoms with E-state index in [1.165, 1.54) is 0 Å². The molecule has 0 amide bonds. The molecule has 0 bridgehead atoms. The first kappa shape index (κ1) is 7.28. The summed E-state index contributed by atoms with van der Waals surface area (Å²) in [6.45, 7) is 4.31. The fraction of sp³-hybridized carbons (Fsp3) is 0.333. The molecule has 0 aliphatic carbocycles. The van der Waals surface area contributed by atoms with E-state index in [4.69, 9.17) is 0 Å². The monoisotopic (exact) mass is 162 g/mol. The van der Waals surface area contributed by atoms with E-state index in [0.717, 1.165) is 10.9 Å². The van der Waals surface area contributed by atoms with Crippen LogP contribution in [-0.2, 0) is 0 Å². The van der Waals surface area contributed by atoms with Crippen LogP contribution in [0.15, 0.2) is 24.7 Å². The average Bonchev–Trinajstić information content (AvgIpc) is 2.49. The van der Waals surface area contributed by atoms with Crippen LogP contribution < -0.4 is 4.57 Å². The summed E-state index contributed by atoms with van der Waals surface area (Å²) >= 11 is 0. The molecule has 0 radical (unpaired) electrons. The van der Waals surface area contributed by atoms with Crippen LogP contribution in [0.1, 0.15) is 19.9 Å². The van der Waals surface area contributed by atoms with Crippen LogP contribution in [0.2, 0.25) is 0 Å². The summed E-state index contributed by atoms with van der Waals surface area (Å²) in [5.74, 6) is 0. The second-order valence-corrected chi connectivity index (χ2v) is 3.22. The highest BCUT2D eigenvalue weighted by molar-refractivity contribution is 5.75. The summed E-state index contributed by atoms with van der Waals surface area (Å²) < 4.78 is 2.15. The van der Waals surface area contributed by atoms with Gasteiger partial charge in [0.2, 0.25) is 0 Å². The molecule has 2 heterocycles. The van der Waals surface area contributed by atoms with E-state index in [2.05, 4.69) is 47.1 Å². The molecule has 0 aliphatic heterocycles. The second kappa shape index (κ2) is 2.59. The fourth-order valence-electron chi connectivity index (χ4n) is 1.22. The molecule has 0 fully saturated rings. The first-order chi connectivity index (χ1) is 5.77. The highest BCUT2D eigenvalue weighted by Gasteiger charge is 2.06. The molecule has 0 saturated heterocycles. The Balaban J connectivity index is 2.60. The van der Waals surface area contributed by atoms with Crippen molar-refractivity contribution >= 4 is 10.9 Å². The van der Waals surface area contributed by atoms with Crippen molar-refractivity contribution in [2.24, 2.45) is 0 Å². The third-order valence-electron chi connectivity index (χ3n) is 2.00. The van der Waals surface area contributed by atoms with E-state index >= 15 is 0 Å². The summed E-state index contributed by atoms with van der Waals surface area (Å²) in [4.78, 5) is 0. The first-order valence-corrected chi connectivity index (χ1v) is 4.11. The van der Waals surface area contributed by atoms with Gasteiger partial charge >= 0.3 is 0 Å². The van der Waals surface area contributed by atoms with Gasteiger partial charge in [0.1, 0.15) is 5.52 Å². The molecule has 2 aromatic rings. The molecule has 3 nitrogen and oxygen atoms in total. The number of aromatic nitrogens is 3. The highest BCUT2D eigenvalue weighted by atomic mass is 15.1. The normalized spacial score (nSPS) is 11.2. The molecule has 0 spiro atoms. The molecule has 3 heteroatoms. The molecule has 1 N–H and O–H groups in total. The SMILES string of the molecule is CC(C)[n+]1ccc2cn[nH]c2c1. The topological polar surface area (TPSA) is 32.6 Å². The van der Waals surface area contributed by atoms with Gasteiger partial charge in [0.05, 0.1) is 6.20 Å². The molecule has 62 valence electrons. The van der Waals surface area contributed by atoms with Crippen LogP contribution in [0.4, 0.5) is 0 Å². The van der Waals surface area contributed by atoms with Crippen molar-refractivity contribution in [3.8, 4) is 0 Å². The maximum Gasteiger partial charge on any atom is 0.194 e. The summed E-state index contributed by atoms with van der Waals surface area (Å²) in [5.41, 5.74) is 1.09. The predicted molar refractivity (Wildman–Crippen MR) is 46.7 cm³/mol.